The molecule has 0 aliphatic heterocycles. The summed E-state index contributed by atoms with van der Waals surface area (Å²) < 4.78 is 5.04. The van der Waals surface area contributed by atoms with Crippen molar-refractivity contribution < 1.29 is 14.5 Å². The quantitative estimate of drug-likeness (QED) is 0.640. The highest BCUT2D eigenvalue weighted by Crippen LogP contribution is 2.28. The molecule has 0 heterocycles. The van der Waals surface area contributed by atoms with E-state index in [1.807, 2.05) is 19.9 Å². The first-order valence-corrected chi connectivity index (χ1v) is 6.00. The number of nitro groups is 1. The number of methoxy groups -OCH3 is 1. The van der Waals surface area contributed by atoms with Crippen molar-refractivity contribution in [3.8, 4) is 5.75 Å². The number of carbonyl (C=O) groups is 1. The Morgan fingerprint density at radius 1 is 1.45 bits per heavy atom. The van der Waals surface area contributed by atoms with Gasteiger partial charge in [-0.15, -0.1) is 0 Å². The van der Waals surface area contributed by atoms with Crippen molar-refractivity contribution >= 4 is 17.4 Å². The molecule has 7 nitrogen and oxygen atoms in total. The lowest BCUT2D eigenvalue weighted by Crippen LogP contribution is -2.24. The first kappa shape index (κ1) is 15.5. The van der Waals surface area contributed by atoms with E-state index in [9.17, 15) is 14.9 Å². The number of allylic oxidation sites excluding steroid dienone is 1. The SMILES string of the molecule is COc1ccc([N+](=O)[O-])cc1NC(=O)N/C=C/C(C)C. The number of hydrogen-bond donors (Lipinski definition) is 2. The maximum Gasteiger partial charge on any atom is 0.323 e. The number of nitrogens with zero attached hydrogens (tertiary/aromatic N) is 1. The summed E-state index contributed by atoms with van der Waals surface area (Å²) in [6.45, 7) is 3.94. The Bertz CT molecular complexity index is 526. The summed E-state index contributed by atoms with van der Waals surface area (Å²) in [7, 11) is 1.42. The van der Waals surface area contributed by atoms with Crippen LogP contribution in [0.4, 0.5) is 16.2 Å². The molecule has 0 aromatic heterocycles. The summed E-state index contributed by atoms with van der Waals surface area (Å²) in [4.78, 5) is 21.8. The number of non-ortho nitro benzene ring substituents is 1. The van der Waals surface area contributed by atoms with Gasteiger partial charge in [0.2, 0.25) is 0 Å². The van der Waals surface area contributed by atoms with Crippen LogP contribution in [0.5, 0.6) is 5.75 Å². The topological polar surface area (TPSA) is 93.5 Å². The van der Waals surface area contributed by atoms with Gasteiger partial charge in [0, 0.05) is 18.3 Å². The summed E-state index contributed by atoms with van der Waals surface area (Å²) in [6.07, 6.45) is 3.33. The second-order valence-electron chi connectivity index (χ2n) is 4.34. The van der Waals surface area contributed by atoms with Crippen molar-refractivity contribution in [3.05, 3.63) is 40.6 Å². The van der Waals surface area contributed by atoms with E-state index in [-0.39, 0.29) is 11.4 Å². The Balaban J connectivity index is 2.81. The second-order valence-corrected chi connectivity index (χ2v) is 4.34. The van der Waals surface area contributed by atoms with Gasteiger partial charge in [0.25, 0.3) is 5.69 Å². The van der Waals surface area contributed by atoms with Crippen LogP contribution in [0.3, 0.4) is 0 Å². The van der Waals surface area contributed by atoms with Crippen molar-refractivity contribution in [1.82, 2.24) is 5.32 Å². The third kappa shape index (κ3) is 4.60. The minimum absolute atomic E-state index is 0.126. The zero-order chi connectivity index (χ0) is 15.1. The highest BCUT2D eigenvalue weighted by atomic mass is 16.6. The fourth-order valence-corrected chi connectivity index (χ4v) is 1.38. The molecule has 0 aliphatic rings. The van der Waals surface area contributed by atoms with Crippen molar-refractivity contribution in [2.75, 3.05) is 12.4 Å². The molecule has 0 spiro atoms. The summed E-state index contributed by atoms with van der Waals surface area (Å²) in [5.41, 5.74) is 0.107. The maximum atomic E-state index is 11.6. The summed E-state index contributed by atoms with van der Waals surface area (Å²) in [5.74, 6) is 0.654. The molecule has 2 amide bonds. The fourth-order valence-electron chi connectivity index (χ4n) is 1.38. The molecular weight excluding hydrogens is 262 g/mol. The Morgan fingerprint density at radius 2 is 2.15 bits per heavy atom. The number of amides is 2. The lowest BCUT2D eigenvalue weighted by molar-refractivity contribution is -0.384. The molecule has 0 atom stereocenters. The highest BCUT2D eigenvalue weighted by Gasteiger charge is 2.13. The third-order valence-corrected chi connectivity index (χ3v) is 2.34. The van der Waals surface area contributed by atoms with Gasteiger partial charge in [-0.25, -0.2) is 4.79 Å². The smallest absolute Gasteiger partial charge is 0.323 e. The van der Waals surface area contributed by atoms with Crippen LogP contribution in [-0.2, 0) is 0 Å². The molecule has 1 rings (SSSR count). The average Bonchev–Trinajstić information content (AvgIpc) is 2.38. The summed E-state index contributed by atoms with van der Waals surface area (Å²) >= 11 is 0. The molecule has 0 aliphatic carbocycles. The number of benzene rings is 1. The number of urea groups is 1. The predicted octanol–water partition coefficient (Wildman–Crippen LogP) is 2.89. The van der Waals surface area contributed by atoms with Gasteiger partial charge in [0.1, 0.15) is 5.75 Å². The molecule has 0 fully saturated rings. The van der Waals surface area contributed by atoms with Crippen LogP contribution in [0.1, 0.15) is 13.8 Å². The van der Waals surface area contributed by atoms with Crippen LogP contribution < -0.4 is 15.4 Å². The number of carbonyl (C=O) groups excluding carboxylic acids is 1. The van der Waals surface area contributed by atoms with Crippen molar-refractivity contribution in [2.24, 2.45) is 5.92 Å². The van der Waals surface area contributed by atoms with Gasteiger partial charge in [0.05, 0.1) is 17.7 Å². The van der Waals surface area contributed by atoms with Crippen LogP contribution in [0.2, 0.25) is 0 Å². The average molecular weight is 279 g/mol. The molecule has 20 heavy (non-hydrogen) atoms. The lowest BCUT2D eigenvalue weighted by Gasteiger charge is -2.09. The lowest BCUT2D eigenvalue weighted by atomic mass is 10.2. The van der Waals surface area contributed by atoms with Gasteiger partial charge in [-0.3, -0.25) is 10.1 Å². The number of nitro benzene ring substituents is 1. The van der Waals surface area contributed by atoms with Crippen LogP contribution in [0.15, 0.2) is 30.5 Å². The molecule has 0 radical (unpaired) electrons. The molecule has 0 unspecified atom stereocenters. The van der Waals surface area contributed by atoms with Crippen molar-refractivity contribution in [2.45, 2.75) is 13.8 Å². The Kier molecular flexibility index (Phi) is 5.52. The van der Waals surface area contributed by atoms with Crippen LogP contribution >= 0.6 is 0 Å². The van der Waals surface area contributed by atoms with Crippen LogP contribution in [-0.4, -0.2) is 18.1 Å². The standard InChI is InChI=1S/C13H17N3O4/c1-9(2)6-7-14-13(17)15-11-8-10(16(18)19)4-5-12(11)20-3/h4-9H,1-3H3,(H2,14,15,17)/b7-6+. The molecular formula is C13H17N3O4. The molecule has 1 aromatic carbocycles. The Labute approximate surface area is 116 Å². The van der Waals surface area contributed by atoms with Crippen molar-refractivity contribution in [3.63, 3.8) is 0 Å². The molecule has 108 valence electrons. The van der Waals surface area contributed by atoms with Gasteiger partial charge in [-0.2, -0.15) is 0 Å². The van der Waals surface area contributed by atoms with E-state index in [0.29, 0.717) is 11.7 Å². The second kappa shape index (κ2) is 7.13. The number of anilines is 1. The van der Waals surface area contributed by atoms with Gasteiger partial charge in [-0.05, 0) is 12.0 Å². The number of rotatable bonds is 5. The van der Waals surface area contributed by atoms with Crippen molar-refractivity contribution in [1.29, 1.82) is 0 Å². The van der Waals surface area contributed by atoms with E-state index in [4.69, 9.17) is 4.74 Å². The molecule has 7 heteroatoms. The molecule has 0 saturated heterocycles. The minimum atomic E-state index is -0.540. The largest absolute Gasteiger partial charge is 0.495 e. The zero-order valence-electron chi connectivity index (χ0n) is 11.5. The number of hydrogen-bond acceptors (Lipinski definition) is 4. The van der Waals surface area contributed by atoms with Gasteiger partial charge in [0.15, 0.2) is 0 Å². The first-order valence-electron chi connectivity index (χ1n) is 6.00. The van der Waals surface area contributed by atoms with Gasteiger partial charge in [-0.1, -0.05) is 19.9 Å². The van der Waals surface area contributed by atoms with Crippen LogP contribution in [0.25, 0.3) is 0 Å². The van der Waals surface area contributed by atoms with E-state index in [2.05, 4.69) is 10.6 Å². The van der Waals surface area contributed by atoms with E-state index in [0.717, 1.165) is 0 Å². The third-order valence-electron chi connectivity index (χ3n) is 2.34. The predicted molar refractivity (Wildman–Crippen MR) is 75.8 cm³/mol. The highest BCUT2D eigenvalue weighted by molar-refractivity contribution is 5.92. The summed E-state index contributed by atoms with van der Waals surface area (Å²) in [5, 5.41) is 15.7. The Morgan fingerprint density at radius 3 is 2.70 bits per heavy atom. The molecule has 1 aromatic rings. The molecule has 0 saturated carbocycles. The normalized spacial score (nSPS) is 10.6. The number of nitrogens with one attached hydrogen (secondary N) is 2. The monoisotopic (exact) mass is 279 g/mol. The fraction of sp³-hybridized carbons (Fsp3) is 0.308. The van der Waals surface area contributed by atoms with E-state index >= 15 is 0 Å². The van der Waals surface area contributed by atoms with E-state index in [1.165, 1.54) is 31.5 Å². The molecule has 2 N–H and O–H groups in total. The minimum Gasteiger partial charge on any atom is -0.495 e. The Hall–Kier alpha value is -2.57. The maximum absolute atomic E-state index is 11.6. The summed E-state index contributed by atoms with van der Waals surface area (Å²) in [6, 6.07) is 3.48. The zero-order valence-corrected chi connectivity index (χ0v) is 11.5. The van der Waals surface area contributed by atoms with E-state index in [1.54, 1.807) is 0 Å². The van der Waals surface area contributed by atoms with Gasteiger partial charge >= 0.3 is 6.03 Å². The van der Waals surface area contributed by atoms with Crippen LogP contribution in [0, 0.1) is 16.0 Å². The number of ether oxygens (including phenoxy) is 1. The van der Waals surface area contributed by atoms with E-state index < -0.39 is 11.0 Å². The molecule has 0 bridgehead atoms. The van der Waals surface area contributed by atoms with Gasteiger partial charge < -0.3 is 15.4 Å². The first-order chi connectivity index (χ1) is 9.43.